The molecule has 0 atom stereocenters. The van der Waals surface area contributed by atoms with Gasteiger partial charge in [0.1, 0.15) is 0 Å². The third-order valence-corrected chi connectivity index (χ3v) is 2.51. The van der Waals surface area contributed by atoms with Crippen LogP contribution in [0.25, 0.3) is 10.9 Å². The number of pyridine rings is 1. The van der Waals surface area contributed by atoms with Gasteiger partial charge in [0, 0.05) is 11.6 Å². The van der Waals surface area contributed by atoms with Crippen molar-refractivity contribution in [3.8, 4) is 0 Å². The van der Waals surface area contributed by atoms with E-state index in [4.69, 9.17) is 5.14 Å². The van der Waals surface area contributed by atoms with Gasteiger partial charge in [0.05, 0.1) is 11.7 Å². The lowest BCUT2D eigenvalue weighted by molar-refractivity contribution is 0.594. The minimum atomic E-state index is -3.70. The number of aromatic amines is 1. The smallest absolute Gasteiger partial charge is 0.255 e. The molecule has 0 bridgehead atoms. The molecule has 0 aliphatic carbocycles. The second-order valence-corrected chi connectivity index (χ2v) is 4.14. The number of hydrogen-bond donors (Lipinski definition) is 2. The van der Waals surface area contributed by atoms with Gasteiger partial charge in [-0.25, -0.2) is 18.5 Å². The molecular weight excluding hydrogens is 190 g/mol. The number of nitrogens with zero attached hydrogens (tertiary/aromatic N) is 1. The first-order chi connectivity index (χ1) is 6.07. The van der Waals surface area contributed by atoms with Crippen molar-refractivity contribution in [3.63, 3.8) is 0 Å². The Bertz CT molecular complexity index is 544. The van der Waals surface area contributed by atoms with E-state index in [1.165, 1.54) is 12.3 Å². The van der Waals surface area contributed by atoms with Crippen molar-refractivity contribution in [1.29, 1.82) is 0 Å². The quantitative estimate of drug-likeness (QED) is 0.684. The summed E-state index contributed by atoms with van der Waals surface area (Å²) in [6.07, 6.45) is 3.15. The van der Waals surface area contributed by atoms with Gasteiger partial charge in [-0.15, -0.1) is 0 Å². The van der Waals surface area contributed by atoms with E-state index < -0.39 is 10.0 Å². The first kappa shape index (κ1) is 8.21. The summed E-state index contributed by atoms with van der Waals surface area (Å²) < 4.78 is 21.8. The summed E-state index contributed by atoms with van der Waals surface area (Å²) in [6, 6.07) is 3.19. The van der Waals surface area contributed by atoms with Gasteiger partial charge in [0.15, 0.2) is 5.03 Å². The molecule has 6 heteroatoms. The zero-order valence-electron chi connectivity index (χ0n) is 6.56. The van der Waals surface area contributed by atoms with E-state index in [-0.39, 0.29) is 5.03 Å². The lowest BCUT2D eigenvalue weighted by Gasteiger charge is -1.95. The molecule has 0 aliphatic heterocycles. The van der Waals surface area contributed by atoms with Crippen LogP contribution in [0, 0.1) is 0 Å². The summed E-state index contributed by atoms with van der Waals surface area (Å²) in [6.45, 7) is 0. The molecule has 2 rings (SSSR count). The molecule has 2 aromatic rings. The Kier molecular flexibility index (Phi) is 1.61. The van der Waals surface area contributed by atoms with Crippen LogP contribution in [-0.2, 0) is 10.0 Å². The fourth-order valence-corrected chi connectivity index (χ4v) is 1.58. The highest BCUT2D eigenvalue weighted by molar-refractivity contribution is 7.89. The maximum Gasteiger partial charge on any atom is 0.255 e. The van der Waals surface area contributed by atoms with E-state index in [1.807, 2.05) is 0 Å². The Morgan fingerprint density at radius 2 is 2.23 bits per heavy atom. The lowest BCUT2D eigenvalue weighted by atomic mass is 10.3. The summed E-state index contributed by atoms with van der Waals surface area (Å²) >= 11 is 0. The van der Waals surface area contributed by atoms with Crippen molar-refractivity contribution in [2.24, 2.45) is 5.14 Å². The minimum Gasteiger partial charge on any atom is -0.360 e. The molecule has 0 fully saturated rings. The van der Waals surface area contributed by atoms with Crippen molar-refractivity contribution >= 4 is 20.9 Å². The molecular formula is C7H7N3O2S. The van der Waals surface area contributed by atoms with Crippen molar-refractivity contribution < 1.29 is 8.42 Å². The topological polar surface area (TPSA) is 88.8 Å². The van der Waals surface area contributed by atoms with E-state index in [2.05, 4.69) is 9.97 Å². The van der Waals surface area contributed by atoms with Crippen LogP contribution < -0.4 is 5.14 Å². The molecule has 2 heterocycles. The first-order valence-electron chi connectivity index (χ1n) is 3.53. The number of sulfonamides is 1. The Labute approximate surface area is 74.6 Å². The largest absolute Gasteiger partial charge is 0.360 e. The summed E-state index contributed by atoms with van der Waals surface area (Å²) in [7, 11) is -3.70. The van der Waals surface area contributed by atoms with Gasteiger partial charge in [-0.1, -0.05) is 0 Å². The van der Waals surface area contributed by atoms with Gasteiger partial charge in [-0.05, 0) is 12.1 Å². The van der Waals surface area contributed by atoms with Crippen LogP contribution in [0.5, 0.6) is 0 Å². The van der Waals surface area contributed by atoms with E-state index in [0.29, 0.717) is 0 Å². The van der Waals surface area contributed by atoms with Gasteiger partial charge >= 0.3 is 0 Å². The zero-order chi connectivity index (χ0) is 9.47. The minimum absolute atomic E-state index is 0.111. The van der Waals surface area contributed by atoms with E-state index in [9.17, 15) is 8.42 Å². The van der Waals surface area contributed by atoms with Crippen LogP contribution in [0.1, 0.15) is 0 Å². The molecule has 2 aromatic heterocycles. The second kappa shape index (κ2) is 2.54. The Balaban J connectivity index is 2.75. The Hall–Kier alpha value is -1.40. The number of nitrogens with two attached hydrogens (primary N) is 1. The normalized spacial score (nSPS) is 12.1. The zero-order valence-corrected chi connectivity index (χ0v) is 7.38. The molecule has 0 aliphatic rings. The van der Waals surface area contributed by atoms with Crippen molar-refractivity contribution in [1.82, 2.24) is 9.97 Å². The fourth-order valence-electron chi connectivity index (χ4n) is 1.09. The Morgan fingerprint density at radius 1 is 1.46 bits per heavy atom. The third kappa shape index (κ3) is 1.41. The van der Waals surface area contributed by atoms with Crippen LogP contribution in [0.15, 0.2) is 29.6 Å². The SMILES string of the molecule is NS(=O)(=O)c1cc2cc[nH]c2cn1. The highest BCUT2D eigenvalue weighted by Crippen LogP contribution is 2.13. The van der Waals surface area contributed by atoms with Crippen LogP contribution in [-0.4, -0.2) is 18.4 Å². The average Bonchev–Trinajstić information content (AvgIpc) is 2.47. The summed E-state index contributed by atoms with van der Waals surface area (Å²) in [4.78, 5) is 6.61. The molecule has 0 radical (unpaired) electrons. The molecule has 0 saturated heterocycles. The molecule has 0 unspecified atom stereocenters. The number of hydrogen-bond acceptors (Lipinski definition) is 3. The van der Waals surface area contributed by atoms with Gasteiger partial charge in [0.2, 0.25) is 0 Å². The van der Waals surface area contributed by atoms with Crippen LogP contribution >= 0.6 is 0 Å². The lowest BCUT2D eigenvalue weighted by Crippen LogP contribution is -2.13. The Morgan fingerprint density at radius 3 is 2.92 bits per heavy atom. The number of rotatable bonds is 1. The molecule has 3 N–H and O–H groups in total. The number of H-pyrrole nitrogens is 1. The summed E-state index contributed by atoms with van der Waals surface area (Å²) in [5, 5.41) is 5.58. The maximum absolute atomic E-state index is 10.9. The van der Waals surface area contributed by atoms with Gasteiger partial charge < -0.3 is 4.98 Å². The third-order valence-electron chi connectivity index (χ3n) is 1.70. The van der Waals surface area contributed by atoms with Crippen LogP contribution in [0.2, 0.25) is 0 Å². The van der Waals surface area contributed by atoms with Crippen molar-refractivity contribution in [3.05, 3.63) is 24.5 Å². The van der Waals surface area contributed by atoms with Gasteiger partial charge in [0.25, 0.3) is 10.0 Å². The predicted octanol–water partition coefficient (Wildman–Crippen LogP) is 0.210. The average molecular weight is 197 g/mol. The number of fused-ring (bicyclic) bond motifs is 1. The maximum atomic E-state index is 10.9. The molecule has 68 valence electrons. The van der Waals surface area contributed by atoms with Crippen LogP contribution in [0.4, 0.5) is 0 Å². The van der Waals surface area contributed by atoms with E-state index in [1.54, 1.807) is 12.3 Å². The van der Waals surface area contributed by atoms with Gasteiger partial charge in [-0.2, -0.15) is 0 Å². The fraction of sp³-hybridized carbons (Fsp3) is 0. The molecule has 0 spiro atoms. The molecule has 0 saturated carbocycles. The molecule has 13 heavy (non-hydrogen) atoms. The van der Waals surface area contributed by atoms with Gasteiger partial charge in [-0.3, -0.25) is 0 Å². The van der Waals surface area contributed by atoms with Crippen LogP contribution in [0.3, 0.4) is 0 Å². The summed E-state index contributed by atoms with van der Waals surface area (Å²) in [5.41, 5.74) is 0.785. The number of primary sulfonamides is 1. The molecule has 0 amide bonds. The number of nitrogens with one attached hydrogen (secondary N) is 1. The van der Waals surface area contributed by atoms with Crippen molar-refractivity contribution in [2.45, 2.75) is 5.03 Å². The molecule has 0 aromatic carbocycles. The van der Waals surface area contributed by atoms with Crippen molar-refractivity contribution in [2.75, 3.05) is 0 Å². The number of aromatic nitrogens is 2. The van der Waals surface area contributed by atoms with E-state index in [0.717, 1.165) is 10.9 Å². The highest BCUT2D eigenvalue weighted by atomic mass is 32.2. The summed E-state index contributed by atoms with van der Waals surface area (Å²) in [5.74, 6) is 0. The predicted molar refractivity (Wildman–Crippen MR) is 47.5 cm³/mol. The standard InChI is InChI=1S/C7H7N3O2S/c8-13(11,12)7-3-5-1-2-9-6(5)4-10-7/h1-4,9H,(H2,8,11,12). The monoisotopic (exact) mass is 197 g/mol. The second-order valence-electron chi connectivity index (χ2n) is 2.63. The van der Waals surface area contributed by atoms with E-state index >= 15 is 0 Å². The first-order valence-corrected chi connectivity index (χ1v) is 5.08. The molecule has 5 nitrogen and oxygen atoms in total. The highest BCUT2D eigenvalue weighted by Gasteiger charge is 2.09.